The highest BCUT2D eigenvalue weighted by molar-refractivity contribution is 6.07. The molecule has 9 heteroatoms. The van der Waals surface area contributed by atoms with Crippen LogP contribution >= 0.6 is 0 Å². The zero-order valence-corrected chi connectivity index (χ0v) is 22.1. The van der Waals surface area contributed by atoms with Crippen molar-refractivity contribution in [3.63, 3.8) is 0 Å². The number of morpholine rings is 1. The van der Waals surface area contributed by atoms with E-state index in [-0.39, 0.29) is 29.6 Å². The summed E-state index contributed by atoms with van der Waals surface area (Å²) >= 11 is 0. The third-order valence-corrected chi connectivity index (χ3v) is 6.72. The van der Waals surface area contributed by atoms with Crippen LogP contribution in [0.2, 0.25) is 0 Å². The van der Waals surface area contributed by atoms with Crippen LogP contribution in [0.1, 0.15) is 58.2 Å². The van der Waals surface area contributed by atoms with Gasteiger partial charge < -0.3 is 25.4 Å². The fraction of sp³-hybridized carbons (Fsp3) is 0.300. The van der Waals surface area contributed by atoms with Gasteiger partial charge in [0.05, 0.1) is 37.1 Å². The van der Waals surface area contributed by atoms with Gasteiger partial charge in [-0.3, -0.25) is 14.4 Å². The van der Waals surface area contributed by atoms with Crippen LogP contribution in [-0.4, -0.2) is 48.2 Å². The average Bonchev–Trinajstić information content (AvgIpc) is 2.89. The maximum absolute atomic E-state index is 13.4. The zero-order chi connectivity index (χ0) is 28.1. The van der Waals surface area contributed by atoms with E-state index in [2.05, 4.69) is 15.5 Å². The van der Waals surface area contributed by atoms with Crippen LogP contribution in [0.3, 0.4) is 0 Å². The molecule has 0 aromatic heterocycles. The number of aliphatic carboxylic acids is 1. The first-order valence-electron chi connectivity index (χ1n) is 12.8. The molecule has 1 saturated heterocycles. The number of anilines is 2. The van der Waals surface area contributed by atoms with Gasteiger partial charge in [-0.2, -0.15) is 0 Å². The Kier molecular flexibility index (Phi) is 8.61. The predicted molar refractivity (Wildman–Crippen MR) is 147 cm³/mol. The number of ether oxygens (including phenoxy) is 1. The Labute approximate surface area is 226 Å². The number of nitrogens with one attached hydrogen (secondary N) is 2. The lowest BCUT2D eigenvalue weighted by molar-refractivity contribution is -0.137. The molecule has 3 aromatic rings. The van der Waals surface area contributed by atoms with E-state index in [9.17, 15) is 23.9 Å². The van der Waals surface area contributed by atoms with E-state index in [1.807, 2.05) is 32.9 Å². The van der Waals surface area contributed by atoms with Crippen molar-refractivity contribution in [3.8, 4) is 0 Å². The number of carbonyl (C=O) groups excluding carboxylic acids is 2. The summed E-state index contributed by atoms with van der Waals surface area (Å²) in [7, 11) is 0. The number of carboxylic acids is 1. The number of carboxylic acid groups (broad SMARTS) is 1. The van der Waals surface area contributed by atoms with Crippen molar-refractivity contribution < 1.29 is 28.6 Å². The highest BCUT2D eigenvalue weighted by Gasteiger charge is 2.29. The molecule has 0 spiro atoms. The van der Waals surface area contributed by atoms with E-state index in [1.54, 1.807) is 30.3 Å². The van der Waals surface area contributed by atoms with Crippen molar-refractivity contribution in [2.45, 2.75) is 45.3 Å². The predicted octanol–water partition coefficient (Wildman–Crippen LogP) is 4.95. The minimum atomic E-state index is -1.04. The fourth-order valence-corrected chi connectivity index (χ4v) is 4.74. The summed E-state index contributed by atoms with van der Waals surface area (Å²) in [6, 6.07) is 16.8. The smallest absolute Gasteiger partial charge is 0.305 e. The number of rotatable bonds is 8. The van der Waals surface area contributed by atoms with Crippen LogP contribution < -0.4 is 15.5 Å². The SMILES string of the molecule is Cc1ccc(C(CC(=O)O)NC(=O)c2ccc(N3C(C)COCC3C)c(NC(=O)c3ccc(F)cc3)c2)cc1. The van der Waals surface area contributed by atoms with Gasteiger partial charge in [0.1, 0.15) is 5.82 Å². The summed E-state index contributed by atoms with van der Waals surface area (Å²) in [6.07, 6.45) is -0.288. The van der Waals surface area contributed by atoms with Gasteiger partial charge in [0, 0.05) is 23.2 Å². The molecule has 1 heterocycles. The lowest BCUT2D eigenvalue weighted by Gasteiger charge is -2.41. The van der Waals surface area contributed by atoms with Gasteiger partial charge in [-0.05, 0) is 68.8 Å². The van der Waals surface area contributed by atoms with Crippen molar-refractivity contribution in [1.29, 1.82) is 0 Å². The topological polar surface area (TPSA) is 108 Å². The summed E-state index contributed by atoms with van der Waals surface area (Å²) in [5, 5.41) is 15.2. The molecular formula is C30H32FN3O5. The molecule has 39 heavy (non-hydrogen) atoms. The second kappa shape index (κ2) is 12.1. The second-order valence-electron chi connectivity index (χ2n) is 9.87. The molecule has 3 aromatic carbocycles. The van der Waals surface area contributed by atoms with Gasteiger partial charge in [0.25, 0.3) is 11.8 Å². The third-order valence-electron chi connectivity index (χ3n) is 6.72. The van der Waals surface area contributed by atoms with Gasteiger partial charge in [-0.25, -0.2) is 4.39 Å². The Hall–Kier alpha value is -4.24. The standard InChI is InChI=1S/C30H32FN3O5/c1-18-4-6-21(7-5-18)25(15-28(35)36)32-30(38)23-10-13-27(34-19(2)16-39-17-20(34)3)26(14-23)33-29(37)22-8-11-24(31)12-9-22/h4-14,19-20,25H,15-17H2,1-3H3,(H,32,38)(H,33,37)(H,35,36). The number of halogens is 1. The van der Waals surface area contributed by atoms with E-state index in [4.69, 9.17) is 4.74 Å². The number of hydrogen-bond donors (Lipinski definition) is 3. The summed E-state index contributed by atoms with van der Waals surface area (Å²) in [4.78, 5) is 40.1. The highest BCUT2D eigenvalue weighted by atomic mass is 19.1. The number of amides is 2. The van der Waals surface area contributed by atoms with Crippen LogP contribution in [0.4, 0.5) is 15.8 Å². The Morgan fingerprint density at radius 1 is 0.949 bits per heavy atom. The summed E-state index contributed by atoms with van der Waals surface area (Å²) < 4.78 is 19.1. The van der Waals surface area contributed by atoms with Crippen molar-refractivity contribution in [2.75, 3.05) is 23.4 Å². The first-order valence-corrected chi connectivity index (χ1v) is 12.8. The minimum Gasteiger partial charge on any atom is -0.481 e. The highest BCUT2D eigenvalue weighted by Crippen LogP contribution is 2.33. The Morgan fingerprint density at radius 2 is 1.56 bits per heavy atom. The van der Waals surface area contributed by atoms with Crippen LogP contribution in [0.15, 0.2) is 66.7 Å². The van der Waals surface area contributed by atoms with Gasteiger partial charge >= 0.3 is 5.97 Å². The monoisotopic (exact) mass is 533 g/mol. The molecule has 4 rings (SSSR count). The molecule has 204 valence electrons. The molecule has 1 aliphatic heterocycles. The molecule has 0 bridgehead atoms. The van der Waals surface area contributed by atoms with E-state index in [0.717, 1.165) is 5.56 Å². The molecule has 0 saturated carbocycles. The Morgan fingerprint density at radius 3 is 2.18 bits per heavy atom. The van der Waals surface area contributed by atoms with Crippen molar-refractivity contribution in [3.05, 3.63) is 94.8 Å². The summed E-state index contributed by atoms with van der Waals surface area (Å²) in [6.45, 7) is 6.96. The van der Waals surface area contributed by atoms with Crippen LogP contribution in [0, 0.1) is 12.7 Å². The van der Waals surface area contributed by atoms with Gasteiger partial charge in [-0.15, -0.1) is 0 Å². The molecule has 2 amide bonds. The largest absolute Gasteiger partial charge is 0.481 e. The number of hydrogen-bond acceptors (Lipinski definition) is 5. The van der Waals surface area contributed by atoms with E-state index in [1.165, 1.54) is 24.3 Å². The molecular weight excluding hydrogens is 501 g/mol. The lowest BCUT2D eigenvalue weighted by Crippen LogP contribution is -2.50. The number of benzene rings is 3. The summed E-state index contributed by atoms with van der Waals surface area (Å²) in [5.74, 6) is -2.43. The molecule has 3 unspecified atom stereocenters. The Bertz CT molecular complexity index is 1330. The first-order chi connectivity index (χ1) is 18.6. The van der Waals surface area contributed by atoms with Crippen molar-refractivity contribution in [2.24, 2.45) is 0 Å². The third kappa shape index (κ3) is 6.80. The van der Waals surface area contributed by atoms with Gasteiger partial charge in [0.15, 0.2) is 0 Å². The maximum Gasteiger partial charge on any atom is 0.305 e. The average molecular weight is 534 g/mol. The molecule has 8 nitrogen and oxygen atoms in total. The lowest BCUT2D eigenvalue weighted by atomic mass is 10.0. The molecule has 1 fully saturated rings. The molecule has 0 aliphatic carbocycles. The molecule has 0 radical (unpaired) electrons. The summed E-state index contributed by atoms with van der Waals surface area (Å²) in [5.41, 5.74) is 3.33. The molecule has 3 atom stereocenters. The first kappa shape index (κ1) is 27.8. The van der Waals surface area contributed by atoms with E-state index < -0.39 is 29.6 Å². The van der Waals surface area contributed by atoms with Gasteiger partial charge in [0.2, 0.25) is 0 Å². The van der Waals surface area contributed by atoms with E-state index in [0.29, 0.717) is 30.2 Å². The Balaban J connectivity index is 1.67. The van der Waals surface area contributed by atoms with Crippen molar-refractivity contribution in [1.82, 2.24) is 5.32 Å². The van der Waals surface area contributed by atoms with Crippen LogP contribution in [-0.2, 0) is 9.53 Å². The molecule has 1 aliphatic rings. The zero-order valence-electron chi connectivity index (χ0n) is 22.1. The van der Waals surface area contributed by atoms with Crippen LogP contribution in [0.5, 0.6) is 0 Å². The van der Waals surface area contributed by atoms with Gasteiger partial charge in [-0.1, -0.05) is 29.8 Å². The number of carbonyl (C=O) groups is 3. The molecule has 3 N–H and O–H groups in total. The maximum atomic E-state index is 13.4. The van der Waals surface area contributed by atoms with E-state index >= 15 is 0 Å². The van der Waals surface area contributed by atoms with Crippen molar-refractivity contribution >= 4 is 29.2 Å². The fourth-order valence-electron chi connectivity index (χ4n) is 4.74. The minimum absolute atomic E-state index is 0.0105. The second-order valence-corrected chi connectivity index (χ2v) is 9.87. The number of nitrogens with zero attached hydrogens (tertiary/aromatic N) is 1. The number of aryl methyl sites for hydroxylation is 1. The normalized spacial score (nSPS) is 17.8. The van der Waals surface area contributed by atoms with Crippen LogP contribution in [0.25, 0.3) is 0 Å². The quantitative estimate of drug-likeness (QED) is 0.378.